The summed E-state index contributed by atoms with van der Waals surface area (Å²) in [6, 6.07) is 10.1. The summed E-state index contributed by atoms with van der Waals surface area (Å²) in [4.78, 5) is 33.8. The number of anilines is 1. The normalized spacial score (nSPS) is 11.5. The number of nitrogens with one attached hydrogen (secondary N) is 2. The smallest absolute Gasteiger partial charge is 0.321 e. The first-order chi connectivity index (χ1) is 13.8. The fourth-order valence-electron chi connectivity index (χ4n) is 2.56. The van der Waals surface area contributed by atoms with E-state index >= 15 is 0 Å². The number of carbonyl (C=O) groups is 2. The van der Waals surface area contributed by atoms with Gasteiger partial charge in [-0.1, -0.05) is 23.7 Å². The Morgan fingerprint density at radius 3 is 2.52 bits per heavy atom. The maximum absolute atomic E-state index is 12.2. The molecule has 0 aliphatic carbocycles. The number of carboxylic acids is 1. The Labute approximate surface area is 171 Å². The molecule has 0 aliphatic heterocycles. The summed E-state index contributed by atoms with van der Waals surface area (Å²) in [5, 5.41) is 25.5. The lowest BCUT2D eigenvalue weighted by Gasteiger charge is -2.14. The summed E-state index contributed by atoms with van der Waals surface area (Å²) in [6.07, 6.45) is 0.229. The van der Waals surface area contributed by atoms with Crippen LogP contribution in [0.2, 0.25) is 5.02 Å². The number of aliphatic carboxylic acids is 1. The first kappa shape index (κ1) is 22.1. The Hall–Kier alpha value is -3.17. The van der Waals surface area contributed by atoms with Gasteiger partial charge >= 0.3 is 5.97 Å². The molecular formula is C19H20ClN3O6. The number of nitro benzene ring substituents is 1. The van der Waals surface area contributed by atoms with Gasteiger partial charge in [-0.05, 0) is 42.8 Å². The van der Waals surface area contributed by atoms with Gasteiger partial charge in [0.1, 0.15) is 16.8 Å². The average molecular weight is 422 g/mol. The van der Waals surface area contributed by atoms with E-state index in [9.17, 15) is 24.8 Å². The van der Waals surface area contributed by atoms with E-state index in [0.717, 1.165) is 17.4 Å². The molecule has 9 nitrogen and oxygen atoms in total. The molecular weight excluding hydrogens is 402 g/mol. The zero-order valence-corrected chi connectivity index (χ0v) is 16.3. The molecule has 0 radical (unpaired) electrons. The van der Waals surface area contributed by atoms with Crippen LogP contribution >= 0.6 is 11.6 Å². The van der Waals surface area contributed by atoms with Gasteiger partial charge in [0.2, 0.25) is 5.91 Å². The van der Waals surface area contributed by atoms with E-state index in [1.54, 1.807) is 7.11 Å². The topological polar surface area (TPSA) is 131 Å². The van der Waals surface area contributed by atoms with Gasteiger partial charge in [0.05, 0.1) is 18.5 Å². The summed E-state index contributed by atoms with van der Waals surface area (Å²) < 4.78 is 5.08. The lowest BCUT2D eigenvalue weighted by atomic mass is 10.1. The van der Waals surface area contributed by atoms with Crippen LogP contribution in [0.25, 0.3) is 0 Å². The van der Waals surface area contributed by atoms with E-state index in [1.807, 2.05) is 24.3 Å². The number of amides is 1. The highest BCUT2D eigenvalue weighted by atomic mass is 35.5. The molecule has 2 aromatic rings. The van der Waals surface area contributed by atoms with Crippen molar-refractivity contribution in [1.82, 2.24) is 5.32 Å². The Morgan fingerprint density at radius 2 is 1.93 bits per heavy atom. The number of hydrogen-bond donors (Lipinski definition) is 3. The number of hydrogen-bond acceptors (Lipinski definition) is 6. The van der Waals surface area contributed by atoms with E-state index in [2.05, 4.69) is 10.6 Å². The molecule has 0 aromatic heterocycles. The summed E-state index contributed by atoms with van der Waals surface area (Å²) in [7, 11) is 1.57. The highest BCUT2D eigenvalue weighted by Crippen LogP contribution is 2.27. The van der Waals surface area contributed by atoms with Gasteiger partial charge in [-0.2, -0.15) is 0 Å². The van der Waals surface area contributed by atoms with Crippen molar-refractivity contribution in [2.45, 2.75) is 18.9 Å². The van der Waals surface area contributed by atoms with E-state index in [-0.39, 0.29) is 22.8 Å². The van der Waals surface area contributed by atoms with Gasteiger partial charge in [0.15, 0.2) is 0 Å². The second kappa shape index (κ2) is 10.4. The van der Waals surface area contributed by atoms with Crippen LogP contribution in [0.15, 0.2) is 42.5 Å². The van der Waals surface area contributed by atoms with Gasteiger partial charge in [-0.15, -0.1) is 0 Å². The van der Waals surface area contributed by atoms with Gasteiger partial charge in [0.25, 0.3) is 5.69 Å². The SMILES string of the molecule is COc1ccc(CCNC(CC(=O)Nc2ccc(Cl)c([N+](=O)[O-])c2)C(=O)O)cc1. The van der Waals surface area contributed by atoms with Crippen LogP contribution in [0.1, 0.15) is 12.0 Å². The number of ether oxygens (including phenoxy) is 1. The van der Waals surface area contributed by atoms with Crippen LogP contribution in [0.5, 0.6) is 5.75 Å². The Balaban J connectivity index is 1.90. The molecule has 1 amide bonds. The van der Waals surface area contributed by atoms with E-state index in [4.69, 9.17) is 16.3 Å². The molecule has 0 spiro atoms. The lowest BCUT2D eigenvalue weighted by molar-refractivity contribution is -0.384. The molecule has 29 heavy (non-hydrogen) atoms. The third kappa shape index (κ3) is 6.74. The van der Waals surface area contributed by atoms with Crippen molar-refractivity contribution >= 4 is 34.9 Å². The number of carbonyl (C=O) groups excluding carboxylic acids is 1. The number of nitro groups is 1. The predicted molar refractivity (Wildman–Crippen MR) is 107 cm³/mol. The van der Waals surface area contributed by atoms with Gasteiger partial charge in [0, 0.05) is 11.8 Å². The number of halogens is 1. The highest BCUT2D eigenvalue weighted by molar-refractivity contribution is 6.32. The highest BCUT2D eigenvalue weighted by Gasteiger charge is 2.21. The quantitative estimate of drug-likeness (QED) is 0.397. The molecule has 3 N–H and O–H groups in total. The zero-order chi connectivity index (χ0) is 21.4. The number of rotatable bonds is 10. The van der Waals surface area contributed by atoms with Gasteiger partial charge < -0.3 is 20.5 Å². The van der Waals surface area contributed by atoms with Crippen LogP contribution < -0.4 is 15.4 Å². The van der Waals surface area contributed by atoms with Crippen molar-refractivity contribution in [2.24, 2.45) is 0 Å². The molecule has 10 heteroatoms. The molecule has 0 aliphatic rings. The summed E-state index contributed by atoms with van der Waals surface area (Å²) in [5.74, 6) is -1.04. The largest absolute Gasteiger partial charge is 0.497 e. The molecule has 0 saturated carbocycles. The van der Waals surface area contributed by atoms with Crippen molar-refractivity contribution in [3.63, 3.8) is 0 Å². The van der Waals surface area contributed by atoms with Crippen molar-refractivity contribution < 1.29 is 24.4 Å². The van der Waals surface area contributed by atoms with Gasteiger partial charge in [-0.25, -0.2) is 0 Å². The third-order valence-corrected chi connectivity index (χ3v) is 4.40. The third-order valence-electron chi connectivity index (χ3n) is 4.08. The first-order valence-electron chi connectivity index (χ1n) is 8.63. The number of nitrogens with zero attached hydrogens (tertiary/aromatic N) is 1. The Morgan fingerprint density at radius 1 is 1.24 bits per heavy atom. The number of benzene rings is 2. The van der Waals surface area contributed by atoms with Crippen LogP contribution in [-0.2, 0) is 16.0 Å². The fraction of sp³-hybridized carbons (Fsp3) is 0.263. The van der Waals surface area contributed by atoms with E-state index < -0.39 is 22.8 Å². The number of carboxylic acid groups (broad SMARTS) is 1. The Bertz CT molecular complexity index is 888. The van der Waals surface area contributed by atoms with Crippen LogP contribution in [0.4, 0.5) is 11.4 Å². The molecule has 1 unspecified atom stereocenters. The predicted octanol–water partition coefficient (Wildman–Crippen LogP) is 2.87. The standard InChI is InChI=1S/C19H20ClN3O6/c1-29-14-5-2-12(3-6-14)8-9-21-16(19(25)26)11-18(24)22-13-4-7-15(20)17(10-13)23(27)28/h2-7,10,16,21H,8-9,11H2,1H3,(H,22,24)(H,25,26). The molecule has 2 rings (SSSR count). The second-order valence-corrected chi connectivity index (χ2v) is 6.53. The average Bonchev–Trinajstić information content (AvgIpc) is 2.68. The summed E-state index contributed by atoms with van der Waals surface area (Å²) in [5.41, 5.74) is 0.797. The molecule has 1 atom stereocenters. The minimum Gasteiger partial charge on any atom is -0.497 e. The van der Waals surface area contributed by atoms with Crippen molar-refractivity contribution in [3.05, 3.63) is 63.2 Å². The van der Waals surface area contributed by atoms with Crippen LogP contribution in [-0.4, -0.2) is 41.6 Å². The minimum atomic E-state index is -1.17. The lowest BCUT2D eigenvalue weighted by Crippen LogP contribution is -2.40. The maximum Gasteiger partial charge on any atom is 0.321 e. The number of methoxy groups -OCH3 is 1. The van der Waals surface area contributed by atoms with Crippen LogP contribution in [0, 0.1) is 10.1 Å². The maximum atomic E-state index is 12.2. The molecule has 2 aromatic carbocycles. The monoisotopic (exact) mass is 421 g/mol. The van der Waals surface area contributed by atoms with Crippen molar-refractivity contribution in [1.29, 1.82) is 0 Å². The van der Waals surface area contributed by atoms with Gasteiger partial charge in [-0.3, -0.25) is 19.7 Å². The van der Waals surface area contributed by atoms with E-state index in [1.165, 1.54) is 12.1 Å². The van der Waals surface area contributed by atoms with E-state index in [0.29, 0.717) is 13.0 Å². The minimum absolute atomic E-state index is 0.0587. The second-order valence-electron chi connectivity index (χ2n) is 6.12. The zero-order valence-electron chi connectivity index (χ0n) is 15.6. The molecule has 0 saturated heterocycles. The van der Waals surface area contributed by atoms with Crippen molar-refractivity contribution in [2.75, 3.05) is 19.0 Å². The van der Waals surface area contributed by atoms with Crippen molar-refractivity contribution in [3.8, 4) is 5.75 Å². The molecule has 0 bridgehead atoms. The molecule has 0 fully saturated rings. The fourth-order valence-corrected chi connectivity index (χ4v) is 2.74. The Kier molecular flexibility index (Phi) is 7.93. The molecule has 154 valence electrons. The molecule has 0 heterocycles. The van der Waals surface area contributed by atoms with Crippen LogP contribution in [0.3, 0.4) is 0 Å². The summed E-state index contributed by atoms with van der Waals surface area (Å²) in [6.45, 7) is 0.350. The summed E-state index contributed by atoms with van der Waals surface area (Å²) >= 11 is 5.73. The first-order valence-corrected chi connectivity index (χ1v) is 9.01.